The SMILES string of the molecule is Cn1nc(C(C)(C)C)cc1CCC(=O)O. The molecule has 0 aliphatic heterocycles. The van der Waals surface area contributed by atoms with Crippen molar-refractivity contribution in [3.05, 3.63) is 17.5 Å². The summed E-state index contributed by atoms with van der Waals surface area (Å²) in [5.41, 5.74) is 1.99. The first-order valence-electron chi connectivity index (χ1n) is 5.06. The summed E-state index contributed by atoms with van der Waals surface area (Å²) >= 11 is 0. The van der Waals surface area contributed by atoms with Gasteiger partial charge in [0, 0.05) is 18.2 Å². The summed E-state index contributed by atoms with van der Waals surface area (Å²) in [6, 6.07) is 1.99. The Kier molecular flexibility index (Phi) is 3.17. The minimum absolute atomic E-state index is 0.0131. The maximum atomic E-state index is 10.5. The fraction of sp³-hybridized carbons (Fsp3) is 0.636. The van der Waals surface area contributed by atoms with Crippen molar-refractivity contribution in [3.63, 3.8) is 0 Å². The normalized spacial score (nSPS) is 11.7. The van der Waals surface area contributed by atoms with Crippen molar-refractivity contribution in [1.82, 2.24) is 9.78 Å². The lowest BCUT2D eigenvalue weighted by Gasteiger charge is -2.13. The van der Waals surface area contributed by atoms with Crippen LogP contribution >= 0.6 is 0 Å². The predicted octanol–water partition coefficient (Wildman–Crippen LogP) is 1.73. The highest BCUT2D eigenvalue weighted by molar-refractivity contribution is 5.66. The quantitative estimate of drug-likeness (QED) is 0.826. The Morgan fingerprint density at radius 1 is 1.53 bits per heavy atom. The maximum absolute atomic E-state index is 10.5. The lowest BCUT2D eigenvalue weighted by molar-refractivity contribution is -0.136. The number of carbonyl (C=O) groups is 1. The van der Waals surface area contributed by atoms with Crippen molar-refractivity contribution >= 4 is 5.97 Å². The summed E-state index contributed by atoms with van der Waals surface area (Å²) in [5.74, 6) is -0.770. The van der Waals surface area contributed by atoms with Gasteiger partial charge in [-0.15, -0.1) is 0 Å². The number of hydrogen-bond acceptors (Lipinski definition) is 2. The van der Waals surface area contributed by atoms with Crippen LogP contribution in [0.15, 0.2) is 6.07 Å². The van der Waals surface area contributed by atoms with Gasteiger partial charge in [0.1, 0.15) is 0 Å². The van der Waals surface area contributed by atoms with Gasteiger partial charge >= 0.3 is 5.97 Å². The molecule has 15 heavy (non-hydrogen) atoms. The zero-order chi connectivity index (χ0) is 11.6. The fourth-order valence-corrected chi connectivity index (χ4v) is 1.34. The molecule has 0 spiro atoms. The zero-order valence-corrected chi connectivity index (χ0v) is 9.74. The zero-order valence-electron chi connectivity index (χ0n) is 9.74. The van der Waals surface area contributed by atoms with Crippen LogP contribution in [0.2, 0.25) is 0 Å². The Balaban J connectivity index is 2.82. The third kappa shape index (κ3) is 3.08. The van der Waals surface area contributed by atoms with Crippen LogP contribution in [0.25, 0.3) is 0 Å². The van der Waals surface area contributed by atoms with E-state index in [1.165, 1.54) is 0 Å². The number of aromatic nitrogens is 2. The minimum Gasteiger partial charge on any atom is -0.481 e. The van der Waals surface area contributed by atoms with Gasteiger partial charge in [-0.2, -0.15) is 5.10 Å². The second-order valence-electron chi connectivity index (χ2n) is 4.79. The Morgan fingerprint density at radius 3 is 2.53 bits per heavy atom. The molecule has 84 valence electrons. The number of carboxylic acid groups (broad SMARTS) is 1. The molecule has 1 N–H and O–H groups in total. The van der Waals surface area contributed by atoms with E-state index in [2.05, 4.69) is 25.9 Å². The van der Waals surface area contributed by atoms with E-state index in [0.29, 0.717) is 6.42 Å². The van der Waals surface area contributed by atoms with Gasteiger partial charge in [-0.1, -0.05) is 20.8 Å². The van der Waals surface area contributed by atoms with Crippen LogP contribution < -0.4 is 0 Å². The molecule has 4 nitrogen and oxygen atoms in total. The Hall–Kier alpha value is -1.32. The molecule has 0 aliphatic rings. The van der Waals surface area contributed by atoms with Gasteiger partial charge < -0.3 is 5.11 Å². The van der Waals surface area contributed by atoms with Crippen LogP contribution in [-0.2, 0) is 23.7 Å². The minimum atomic E-state index is -0.770. The Labute approximate surface area is 89.9 Å². The topological polar surface area (TPSA) is 55.1 Å². The second kappa shape index (κ2) is 4.04. The van der Waals surface area contributed by atoms with Crippen molar-refractivity contribution in [1.29, 1.82) is 0 Å². The summed E-state index contributed by atoms with van der Waals surface area (Å²) in [7, 11) is 1.85. The smallest absolute Gasteiger partial charge is 0.303 e. The summed E-state index contributed by atoms with van der Waals surface area (Å²) in [6.45, 7) is 6.28. The van der Waals surface area contributed by atoms with Crippen LogP contribution in [0, 0.1) is 0 Å². The van der Waals surface area contributed by atoms with Crippen LogP contribution in [0.5, 0.6) is 0 Å². The van der Waals surface area contributed by atoms with Gasteiger partial charge in [0.15, 0.2) is 0 Å². The van der Waals surface area contributed by atoms with Crippen molar-refractivity contribution in [2.75, 3.05) is 0 Å². The van der Waals surface area contributed by atoms with Gasteiger partial charge in [-0.3, -0.25) is 9.48 Å². The lowest BCUT2D eigenvalue weighted by Crippen LogP contribution is -2.12. The van der Waals surface area contributed by atoms with Gasteiger partial charge in [0.05, 0.1) is 12.1 Å². The van der Waals surface area contributed by atoms with Crippen molar-refractivity contribution < 1.29 is 9.90 Å². The van der Waals surface area contributed by atoms with Gasteiger partial charge in [-0.05, 0) is 12.5 Å². The van der Waals surface area contributed by atoms with Crippen LogP contribution in [0.4, 0.5) is 0 Å². The molecule has 0 bridgehead atoms. The highest BCUT2D eigenvalue weighted by Crippen LogP contribution is 2.21. The third-order valence-electron chi connectivity index (χ3n) is 2.34. The molecule has 0 amide bonds. The first-order chi connectivity index (χ1) is 6.80. The second-order valence-corrected chi connectivity index (χ2v) is 4.79. The number of carboxylic acids is 1. The standard InChI is InChI=1S/C11H18N2O2/c1-11(2,3)9-7-8(13(4)12-9)5-6-10(14)15/h7H,5-6H2,1-4H3,(H,14,15). The first kappa shape index (κ1) is 11.8. The molecule has 1 rings (SSSR count). The van der Waals surface area contributed by atoms with Crippen LogP contribution in [0.1, 0.15) is 38.6 Å². The molecule has 0 saturated carbocycles. The highest BCUT2D eigenvalue weighted by atomic mass is 16.4. The van der Waals surface area contributed by atoms with E-state index in [9.17, 15) is 4.79 Å². The van der Waals surface area contributed by atoms with E-state index in [1.54, 1.807) is 4.68 Å². The lowest BCUT2D eigenvalue weighted by atomic mass is 9.92. The average molecular weight is 210 g/mol. The number of aliphatic carboxylic acids is 1. The van der Waals surface area contributed by atoms with Crippen molar-refractivity contribution in [2.24, 2.45) is 7.05 Å². The molecular formula is C11H18N2O2. The molecule has 1 heterocycles. The summed E-state index contributed by atoms with van der Waals surface area (Å²) in [4.78, 5) is 10.5. The molecule has 1 aromatic rings. The summed E-state index contributed by atoms with van der Waals surface area (Å²) in [6.07, 6.45) is 0.692. The Morgan fingerprint density at radius 2 is 2.13 bits per heavy atom. The monoisotopic (exact) mass is 210 g/mol. The predicted molar refractivity (Wildman–Crippen MR) is 57.9 cm³/mol. The molecule has 0 radical (unpaired) electrons. The molecule has 1 aromatic heterocycles. The van der Waals surface area contributed by atoms with E-state index >= 15 is 0 Å². The molecule has 0 saturated heterocycles. The largest absolute Gasteiger partial charge is 0.481 e. The maximum Gasteiger partial charge on any atom is 0.303 e. The van der Waals surface area contributed by atoms with Crippen LogP contribution in [0.3, 0.4) is 0 Å². The van der Waals surface area contributed by atoms with Gasteiger partial charge in [0.25, 0.3) is 0 Å². The van der Waals surface area contributed by atoms with E-state index in [0.717, 1.165) is 11.4 Å². The molecular weight excluding hydrogens is 192 g/mol. The molecule has 0 aromatic carbocycles. The molecule has 0 aliphatic carbocycles. The van der Waals surface area contributed by atoms with Gasteiger partial charge in [0.2, 0.25) is 0 Å². The van der Waals surface area contributed by atoms with E-state index in [1.807, 2.05) is 13.1 Å². The highest BCUT2D eigenvalue weighted by Gasteiger charge is 2.18. The number of nitrogens with zero attached hydrogens (tertiary/aromatic N) is 2. The van der Waals surface area contributed by atoms with E-state index in [-0.39, 0.29) is 11.8 Å². The van der Waals surface area contributed by atoms with Crippen molar-refractivity contribution in [2.45, 2.75) is 39.0 Å². The third-order valence-corrected chi connectivity index (χ3v) is 2.34. The number of hydrogen-bond donors (Lipinski definition) is 1. The fourth-order valence-electron chi connectivity index (χ4n) is 1.34. The summed E-state index contributed by atoms with van der Waals surface area (Å²) in [5, 5.41) is 13.0. The van der Waals surface area contributed by atoms with E-state index in [4.69, 9.17) is 5.11 Å². The van der Waals surface area contributed by atoms with Crippen LogP contribution in [-0.4, -0.2) is 20.9 Å². The number of aryl methyl sites for hydroxylation is 2. The molecule has 0 unspecified atom stereocenters. The van der Waals surface area contributed by atoms with Crippen molar-refractivity contribution in [3.8, 4) is 0 Å². The number of rotatable bonds is 3. The first-order valence-corrected chi connectivity index (χ1v) is 5.06. The summed E-state index contributed by atoms with van der Waals surface area (Å²) < 4.78 is 1.77. The van der Waals surface area contributed by atoms with E-state index < -0.39 is 5.97 Å². The molecule has 4 heteroatoms. The van der Waals surface area contributed by atoms with Gasteiger partial charge in [-0.25, -0.2) is 0 Å². The average Bonchev–Trinajstić information content (AvgIpc) is 2.42. The molecule has 0 fully saturated rings. The molecule has 0 atom stereocenters. The Bertz CT molecular complexity index is 361.